The second-order valence-electron chi connectivity index (χ2n) is 6.81. The van der Waals surface area contributed by atoms with Gasteiger partial charge in [-0.1, -0.05) is 0 Å². The number of methoxy groups -OCH3 is 2. The lowest BCUT2D eigenvalue weighted by molar-refractivity contribution is -0.131. The van der Waals surface area contributed by atoms with Gasteiger partial charge in [0.25, 0.3) is 0 Å². The van der Waals surface area contributed by atoms with Crippen LogP contribution in [0.4, 0.5) is 5.69 Å². The van der Waals surface area contributed by atoms with E-state index in [4.69, 9.17) is 9.47 Å². The molecule has 1 aliphatic heterocycles. The van der Waals surface area contributed by atoms with Gasteiger partial charge < -0.3 is 19.7 Å². The molecule has 1 saturated heterocycles. The third-order valence-corrected chi connectivity index (χ3v) is 5.91. The van der Waals surface area contributed by atoms with Gasteiger partial charge >= 0.3 is 0 Å². The van der Waals surface area contributed by atoms with E-state index in [1.54, 1.807) is 25.6 Å². The minimum absolute atomic E-state index is 0.181. The van der Waals surface area contributed by atoms with Crippen LogP contribution in [0.1, 0.15) is 28.4 Å². The van der Waals surface area contributed by atoms with Crippen LogP contribution in [0.3, 0.4) is 0 Å². The van der Waals surface area contributed by atoms with Gasteiger partial charge in [0, 0.05) is 35.8 Å². The van der Waals surface area contributed by atoms with E-state index in [1.165, 1.54) is 0 Å². The summed E-state index contributed by atoms with van der Waals surface area (Å²) in [5.74, 6) is 1.58. The van der Waals surface area contributed by atoms with Crippen LogP contribution in [-0.2, 0) is 11.2 Å². The molecule has 0 spiro atoms. The number of ether oxygens (including phenoxy) is 2. The highest BCUT2D eigenvalue weighted by atomic mass is 32.1. The average molecular weight is 390 g/mol. The molecule has 0 saturated carbocycles. The van der Waals surface area contributed by atoms with E-state index >= 15 is 0 Å². The number of hydrogen-bond acceptors (Lipinski definition) is 6. The Hall–Kier alpha value is -2.28. The average Bonchev–Trinajstić information content (AvgIpc) is 2.98. The third-order valence-electron chi connectivity index (χ3n) is 4.84. The summed E-state index contributed by atoms with van der Waals surface area (Å²) in [7, 11) is 3.26. The van der Waals surface area contributed by atoms with Gasteiger partial charge in [-0.15, -0.1) is 11.3 Å². The van der Waals surface area contributed by atoms with E-state index in [1.807, 2.05) is 36.9 Å². The van der Waals surface area contributed by atoms with Crippen molar-refractivity contribution in [2.24, 2.45) is 0 Å². The van der Waals surface area contributed by atoms with E-state index in [0.717, 1.165) is 40.7 Å². The van der Waals surface area contributed by atoms with Crippen molar-refractivity contribution in [3.05, 3.63) is 33.8 Å². The van der Waals surface area contributed by atoms with E-state index in [0.29, 0.717) is 24.5 Å². The van der Waals surface area contributed by atoms with Crippen LogP contribution in [0.2, 0.25) is 0 Å². The quantitative estimate of drug-likeness (QED) is 0.820. The molecule has 0 aliphatic carbocycles. The molecule has 0 bridgehead atoms. The van der Waals surface area contributed by atoms with Crippen molar-refractivity contribution in [2.75, 3.05) is 32.6 Å². The van der Waals surface area contributed by atoms with Gasteiger partial charge in [-0.25, -0.2) is 4.98 Å². The summed E-state index contributed by atoms with van der Waals surface area (Å²) < 4.78 is 10.7. The lowest BCUT2D eigenvalue weighted by Gasteiger charge is -2.34. The Morgan fingerprint density at radius 3 is 2.74 bits per heavy atom. The predicted octanol–water partition coefficient (Wildman–Crippen LogP) is 3.42. The number of nitrogens with one attached hydrogen (secondary N) is 1. The van der Waals surface area contributed by atoms with Crippen LogP contribution in [0.15, 0.2) is 18.2 Å². The molecule has 1 aromatic carbocycles. The van der Waals surface area contributed by atoms with Gasteiger partial charge in [0.05, 0.1) is 31.3 Å². The van der Waals surface area contributed by atoms with Crippen molar-refractivity contribution in [3.8, 4) is 11.5 Å². The molecule has 3 rings (SSSR count). The largest absolute Gasteiger partial charge is 0.493 e. The number of amides is 1. The number of nitrogens with zero attached hydrogens (tertiary/aromatic N) is 2. The maximum absolute atomic E-state index is 12.8. The highest BCUT2D eigenvalue weighted by molar-refractivity contribution is 7.11. The van der Waals surface area contributed by atoms with Gasteiger partial charge in [0.15, 0.2) is 11.5 Å². The Kier molecular flexibility index (Phi) is 6.21. The maximum Gasteiger partial charge on any atom is 0.227 e. The third kappa shape index (κ3) is 4.71. The van der Waals surface area contributed by atoms with Crippen LogP contribution in [0.5, 0.6) is 11.5 Å². The summed E-state index contributed by atoms with van der Waals surface area (Å²) in [6.45, 7) is 5.49. The molecular formula is C20H27N3O3S. The van der Waals surface area contributed by atoms with Gasteiger partial charge in [-0.3, -0.25) is 4.79 Å². The van der Waals surface area contributed by atoms with E-state index in [-0.39, 0.29) is 11.9 Å². The minimum Gasteiger partial charge on any atom is -0.493 e. The fourth-order valence-electron chi connectivity index (χ4n) is 3.47. The van der Waals surface area contributed by atoms with Gasteiger partial charge in [0.2, 0.25) is 5.91 Å². The summed E-state index contributed by atoms with van der Waals surface area (Å²) >= 11 is 1.62. The SMILES string of the molecule is COc1ccc(N[C@H]2CCCN(C(=O)Cc3sc(C)nc3C)C2)cc1OC. The van der Waals surface area contributed by atoms with Crippen molar-refractivity contribution < 1.29 is 14.3 Å². The number of aryl methyl sites for hydroxylation is 2. The second kappa shape index (κ2) is 8.61. The highest BCUT2D eigenvalue weighted by Crippen LogP contribution is 2.30. The summed E-state index contributed by atoms with van der Waals surface area (Å²) in [6.07, 6.45) is 2.48. The van der Waals surface area contributed by atoms with Crippen molar-refractivity contribution in [3.63, 3.8) is 0 Å². The molecule has 1 N–H and O–H groups in total. The van der Waals surface area contributed by atoms with Gasteiger partial charge in [-0.05, 0) is 38.8 Å². The Morgan fingerprint density at radius 1 is 1.30 bits per heavy atom. The smallest absolute Gasteiger partial charge is 0.227 e. The fourth-order valence-corrected chi connectivity index (χ4v) is 4.40. The second-order valence-corrected chi connectivity index (χ2v) is 8.10. The lowest BCUT2D eigenvalue weighted by Crippen LogP contribution is -2.45. The number of piperidine rings is 1. The number of anilines is 1. The summed E-state index contributed by atoms with van der Waals surface area (Å²) in [5.41, 5.74) is 1.95. The molecule has 1 amide bonds. The summed E-state index contributed by atoms with van der Waals surface area (Å²) in [4.78, 5) is 20.2. The van der Waals surface area contributed by atoms with Crippen LogP contribution in [-0.4, -0.2) is 49.1 Å². The fraction of sp³-hybridized carbons (Fsp3) is 0.500. The van der Waals surface area contributed by atoms with Crippen molar-refractivity contribution >= 4 is 22.9 Å². The molecule has 7 heteroatoms. The zero-order chi connectivity index (χ0) is 19.4. The Labute approximate surface area is 164 Å². The maximum atomic E-state index is 12.8. The first-order valence-corrected chi connectivity index (χ1v) is 10.0. The van der Waals surface area contributed by atoms with E-state index in [9.17, 15) is 4.79 Å². The van der Waals surface area contributed by atoms with Crippen molar-refractivity contribution in [1.29, 1.82) is 0 Å². The molecule has 27 heavy (non-hydrogen) atoms. The zero-order valence-electron chi connectivity index (χ0n) is 16.4. The molecule has 0 unspecified atom stereocenters. The molecule has 2 heterocycles. The molecule has 146 valence electrons. The number of benzene rings is 1. The topological polar surface area (TPSA) is 63.7 Å². The molecule has 2 aromatic rings. The monoisotopic (exact) mass is 389 g/mol. The number of likely N-dealkylation sites (tertiary alicyclic amines) is 1. The van der Waals surface area contributed by atoms with E-state index < -0.39 is 0 Å². The van der Waals surface area contributed by atoms with E-state index in [2.05, 4.69) is 10.3 Å². The summed E-state index contributed by atoms with van der Waals surface area (Å²) in [5, 5.41) is 4.55. The van der Waals surface area contributed by atoms with Crippen LogP contribution < -0.4 is 14.8 Å². The van der Waals surface area contributed by atoms with Crippen molar-refractivity contribution in [2.45, 2.75) is 39.2 Å². The predicted molar refractivity (Wildman–Crippen MR) is 108 cm³/mol. The first kappa shape index (κ1) is 19.5. The molecule has 1 aliphatic rings. The zero-order valence-corrected chi connectivity index (χ0v) is 17.2. The highest BCUT2D eigenvalue weighted by Gasteiger charge is 2.24. The number of rotatable bonds is 6. The first-order chi connectivity index (χ1) is 13.0. The normalized spacial score (nSPS) is 16.9. The lowest BCUT2D eigenvalue weighted by atomic mass is 10.0. The van der Waals surface area contributed by atoms with Crippen LogP contribution in [0, 0.1) is 13.8 Å². The van der Waals surface area contributed by atoms with Gasteiger partial charge in [0.1, 0.15) is 0 Å². The molecule has 0 radical (unpaired) electrons. The minimum atomic E-state index is 0.181. The Morgan fingerprint density at radius 2 is 2.07 bits per heavy atom. The number of hydrogen-bond donors (Lipinski definition) is 1. The molecule has 1 fully saturated rings. The molecule has 6 nitrogen and oxygen atoms in total. The van der Waals surface area contributed by atoms with Crippen LogP contribution >= 0.6 is 11.3 Å². The number of carbonyl (C=O) groups is 1. The molecule has 1 atom stereocenters. The molecule has 1 aromatic heterocycles. The number of thiazole rings is 1. The van der Waals surface area contributed by atoms with Crippen molar-refractivity contribution in [1.82, 2.24) is 9.88 Å². The standard InChI is InChI=1S/C20H27N3O3S/c1-13-19(27-14(2)21-13)11-20(24)23-9-5-6-16(12-23)22-15-7-8-17(25-3)18(10-15)26-4/h7-8,10,16,22H,5-6,9,11-12H2,1-4H3/t16-/m0/s1. The first-order valence-electron chi connectivity index (χ1n) is 9.19. The Balaban J connectivity index is 1.62. The van der Waals surface area contributed by atoms with Crippen LogP contribution in [0.25, 0.3) is 0 Å². The number of carbonyl (C=O) groups excluding carboxylic acids is 1. The Bertz CT molecular complexity index is 806. The molecular weight excluding hydrogens is 362 g/mol. The number of aromatic nitrogens is 1. The summed E-state index contributed by atoms with van der Waals surface area (Å²) in [6, 6.07) is 6.03. The van der Waals surface area contributed by atoms with Gasteiger partial charge in [-0.2, -0.15) is 0 Å².